The topological polar surface area (TPSA) is 26.8 Å². The Morgan fingerprint density at radius 2 is 1.54 bits per heavy atom. The van der Waals surface area contributed by atoms with E-state index in [2.05, 4.69) is 46.2 Å². The van der Waals surface area contributed by atoms with Crippen LogP contribution in [0.15, 0.2) is 54.6 Å². The molecule has 126 valence electrons. The van der Waals surface area contributed by atoms with Crippen molar-refractivity contribution in [3.05, 3.63) is 65.7 Å². The van der Waals surface area contributed by atoms with Crippen LogP contribution in [0.5, 0.6) is 0 Å². The number of benzene rings is 2. The average molecular weight is 323 g/mol. The minimum absolute atomic E-state index is 0.0670. The fraction of sp³-hybridized carbons (Fsp3) is 0.350. The van der Waals surface area contributed by atoms with Crippen LogP contribution in [0.3, 0.4) is 0 Å². The van der Waals surface area contributed by atoms with Crippen LogP contribution < -0.4 is 4.90 Å². The van der Waals surface area contributed by atoms with Gasteiger partial charge in [-0.3, -0.25) is 9.69 Å². The zero-order valence-electron chi connectivity index (χ0n) is 14.5. The van der Waals surface area contributed by atoms with Crippen molar-refractivity contribution in [3.8, 4) is 0 Å². The van der Waals surface area contributed by atoms with Crippen molar-refractivity contribution in [1.82, 2.24) is 9.80 Å². The highest BCUT2D eigenvalue weighted by atomic mass is 16.2. The fourth-order valence-electron chi connectivity index (χ4n) is 3.16. The van der Waals surface area contributed by atoms with E-state index in [0.717, 1.165) is 44.0 Å². The summed E-state index contributed by atoms with van der Waals surface area (Å²) in [6.45, 7) is 4.92. The lowest BCUT2D eigenvalue weighted by Crippen LogP contribution is -2.46. The van der Waals surface area contributed by atoms with E-state index in [4.69, 9.17) is 0 Å². The Labute approximate surface area is 144 Å². The van der Waals surface area contributed by atoms with Gasteiger partial charge in [0.1, 0.15) is 0 Å². The van der Waals surface area contributed by atoms with E-state index in [1.165, 1.54) is 5.56 Å². The van der Waals surface area contributed by atoms with Crippen LogP contribution in [0.4, 0.5) is 5.69 Å². The molecule has 0 atom stereocenters. The molecule has 3 rings (SSSR count). The van der Waals surface area contributed by atoms with Crippen LogP contribution in [-0.2, 0) is 6.54 Å². The van der Waals surface area contributed by atoms with Gasteiger partial charge in [0.15, 0.2) is 0 Å². The van der Waals surface area contributed by atoms with Gasteiger partial charge in [0.2, 0.25) is 0 Å². The normalized spacial score (nSPS) is 15.3. The molecule has 24 heavy (non-hydrogen) atoms. The molecule has 0 saturated carbocycles. The van der Waals surface area contributed by atoms with Gasteiger partial charge >= 0.3 is 0 Å². The maximum Gasteiger partial charge on any atom is 0.255 e. The van der Waals surface area contributed by atoms with E-state index >= 15 is 0 Å². The molecule has 1 heterocycles. The SMILES string of the molecule is CN(C)C(=O)c1ccccc1N1CCN(Cc2ccccc2)CC1. The van der Waals surface area contributed by atoms with Gasteiger partial charge in [0.05, 0.1) is 5.56 Å². The number of para-hydroxylation sites is 1. The highest BCUT2D eigenvalue weighted by molar-refractivity contribution is 5.99. The summed E-state index contributed by atoms with van der Waals surface area (Å²) in [5.74, 6) is 0.0670. The average Bonchev–Trinajstić information content (AvgIpc) is 2.62. The zero-order valence-corrected chi connectivity index (χ0v) is 14.5. The van der Waals surface area contributed by atoms with Crippen molar-refractivity contribution >= 4 is 11.6 Å². The molecule has 1 aliphatic heterocycles. The number of hydrogen-bond acceptors (Lipinski definition) is 3. The van der Waals surface area contributed by atoms with Gasteiger partial charge in [0, 0.05) is 52.5 Å². The number of carbonyl (C=O) groups excluding carboxylic acids is 1. The van der Waals surface area contributed by atoms with E-state index in [1.807, 2.05) is 18.2 Å². The molecule has 0 radical (unpaired) electrons. The summed E-state index contributed by atoms with van der Waals surface area (Å²) in [7, 11) is 3.60. The monoisotopic (exact) mass is 323 g/mol. The molecule has 0 bridgehead atoms. The molecule has 0 spiro atoms. The zero-order chi connectivity index (χ0) is 16.9. The lowest BCUT2D eigenvalue weighted by Gasteiger charge is -2.37. The van der Waals surface area contributed by atoms with Gasteiger partial charge in [-0.25, -0.2) is 0 Å². The number of amides is 1. The highest BCUT2D eigenvalue weighted by Crippen LogP contribution is 2.23. The van der Waals surface area contributed by atoms with Gasteiger partial charge < -0.3 is 9.80 Å². The Morgan fingerprint density at radius 1 is 0.917 bits per heavy atom. The fourth-order valence-corrected chi connectivity index (χ4v) is 3.16. The Balaban J connectivity index is 1.66. The van der Waals surface area contributed by atoms with E-state index in [1.54, 1.807) is 19.0 Å². The molecule has 1 amide bonds. The number of rotatable bonds is 4. The van der Waals surface area contributed by atoms with Crippen LogP contribution in [0, 0.1) is 0 Å². The van der Waals surface area contributed by atoms with Crippen LogP contribution in [0.2, 0.25) is 0 Å². The number of nitrogens with zero attached hydrogens (tertiary/aromatic N) is 3. The summed E-state index contributed by atoms with van der Waals surface area (Å²) >= 11 is 0. The number of anilines is 1. The van der Waals surface area contributed by atoms with Gasteiger partial charge in [-0.05, 0) is 17.7 Å². The third-order valence-electron chi connectivity index (χ3n) is 4.50. The standard InChI is InChI=1S/C20H25N3O/c1-21(2)20(24)18-10-6-7-11-19(18)23-14-12-22(13-15-23)16-17-8-4-3-5-9-17/h3-11H,12-16H2,1-2H3. The second-order valence-corrected chi connectivity index (χ2v) is 6.47. The quantitative estimate of drug-likeness (QED) is 0.865. The highest BCUT2D eigenvalue weighted by Gasteiger charge is 2.21. The van der Waals surface area contributed by atoms with Crippen molar-refractivity contribution in [3.63, 3.8) is 0 Å². The van der Waals surface area contributed by atoms with E-state index in [-0.39, 0.29) is 5.91 Å². The molecule has 4 nitrogen and oxygen atoms in total. The molecular weight excluding hydrogens is 298 g/mol. The third-order valence-corrected chi connectivity index (χ3v) is 4.50. The summed E-state index contributed by atoms with van der Waals surface area (Å²) in [5, 5.41) is 0. The number of hydrogen-bond donors (Lipinski definition) is 0. The lowest BCUT2D eigenvalue weighted by atomic mass is 10.1. The van der Waals surface area contributed by atoms with Gasteiger partial charge in [0.25, 0.3) is 5.91 Å². The summed E-state index contributed by atoms with van der Waals surface area (Å²) < 4.78 is 0. The first-order valence-corrected chi connectivity index (χ1v) is 8.47. The molecular formula is C20H25N3O. The maximum atomic E-state index is 12.4. The number of piperazine rings is 1. The maximum absolute atomic E-state index is 12.4. The van der Waals surface area contributed by atoms with Gasteiger partial charge in [-0.2, -0.15) is 0 Å². The number of carbonyl (C=O) groups is 1. The Morgan fingerprint density at radius 3 is 2.21 bits per heavy atom. The van der Waals surface area contributed by atoms with E-state index in [9.17, 15) is 4.79 Å². The van der Waals surface area contributed by atoms with Crippen molar-refractivity contribution in [2.24, 2.45) is 0 Å². The minimum atomic E-state index is 0.0670. The Kier molecular flexibility index (Phi) is 5.16. The van der Waals surface area contributed by atoms with E-state index in [0.29, 0.717) is 0 Å². The molecule has 0 aromatic heterocycles. The first-order valence-electron chi connectivity index (χ1n) is 8.47. The molecule has 1 saturated heterocycles. The predicted octanol–water partition coefficient (Wildman–Crippen LogP) is 2.71. The van der Waals surface area contributed by atoms with Crippen LogP contribution in [0.25, 0.3) is 0 Å². The summed E-state index contributed by atoms with van der Waals surface area (Å²) in [6.07, 6.45) is 0. The van der Waals surface area contributed by atoms with Crippen LogP contribution >= 0.6 is 0 Å². The smallest absolute Gasteiger partial charge is 0.255 e. The third kappa shape index (κ3) is 3.77. The molecule has 2 aromatic carbocycles. The Bertz CT molecular complexity index is 676. The summed E-state index contributed by atoms with van der Waals surface area (Å²) in [6, 6.07) is 18.5. The van der Waals surface area contributed by atoms with Crippen LogP contribution in [0.1, 0.15) is 15.9 Å². The van der Waals surface area contributed by atoms with Crippen LogP contribution in [-0.4, -0.2) is 56.0 Å². The Hall–Kier alpha value is -2.33. The second-order valence-electron chi connectivity index (χ2n) is 6.47. The van der Waals surface area contributed by atoms with Crippen molar-refractivity contribution in [1.29, 1.82) is 0 Å². The van der Waals surface area contributed by atoms with Gasteiger partial charge in [-0.1, -0.05) is 42.5 Å². The molecule has 2 aromatic rings. The summed E-state index contributed by atoms with van der Waals surface area (Å²) in [4.78, 5) is 18.9. The molecule has 0 N–H and O–H groups in total. The molecule has 0 aliphatic carbocycles. The van der Waals surface area contributed by atoms with Crippen molar-refractivity contribution in [2.45, 2.75) is 6.54 Å². The first-order chi connectivity index (χ1) is 11.6. The molecule has 1 aliphatic rings. The largest absolute Gasteiger partial charge is 0.368 e. The first kappa shape index (κ1) is 16.5. The second kappa shape index (κ2) is 7.49. The van der Waals surface area contributed by atoms with Crippen molar-refractivity contribution in [2.75, 3.05) is 45.2 Å². The minimum Gasteiger partial charge on any atom is -0.368 e. The van der Waals surface area contributed by atoms with Gasteiger partial charge in [-0.15, -0.1) is 0 Å². The van der Waals surface area contributed by atoms with Crippen molar-refractivity contribution < 1.29 is 4.79 Å². The molecule has 0 unspecified atom stereocenters. The lowest BCUT2D eigenvalue weighted by molar-refractivity contribution is 0.0828. The predicted molar refractivity (Wildman–Crippen MR) is 98.4 cm³/mol. The molecule has 1 fully saturated rings. The van der Waals surface area contributed by atoms with E-state index < -0.39 is 0 Å². The summed E-state index contributed by atoms with van der Waals surface area (Å²) in [5.41, 5.74) is 3.20. The molecule has 4 heteroatoms.